The van der Waals surface area contributed by atoms with Crippen LogP contribution in [0, 0.1) is 19.7 Å². The van der Waals surface area contributed by atoms with Crippen molar-refractivity contribution in [2.75, 3.05) is 7.11 Å². The Balaban J connectivity index is 2.17. The van der Waals surface area contributed by atoms with Gasteiger partial charge in [-0.2, -0.15) is 0 Å². The van der Waals surface area contributed by atoms with Gasteiger partial charge >= 0.3 is 0 Å². The Bertz CT molecular complexity index is 610. The predicted molar refractivity (Wildman–Crippen MR) is 79.5 cm³/mol. The zero-order valence-electron chi connectivity index (χ0n) is 12.1. The Morgan fingerprint density at radius 2 is 1.85 bits per heavy atom. The van der Waals surface area contributed by atoms with E-state index < -0.39 is 0 Å². The summed E-state index contributed by atoms with van der Waals surface area (Å²) < 4.78 is 18.6. The van der Waals surface area contributed by atoms with Gasteiger partial charge in [-0.3, -0.25) is 0 Å². The summed E-state index contributed by atoms with van der Waals surface area (Å²) in [5.41, 5.74) is 10.6. The second-order valence-electron chi connectivity index (χ2n) is 5.12. The van der Waals surface area contributed by atoms with E-state index in [-0.39, 0.29) is 17.6 Å². The summed E-state index contributed by atoms with van der Waals surface area (Å²) in [6.45, 7) is 4.16. The van der Waals surface area contributed by atoms with Crippen molar-refractivity contribution in [3.8, 4) is 5.75 Å². The van der Waals surface area contributed by atoms with E-state index in [4.69, 9.17) is 10.5 Å². The van der Waals surface area contributed by atoms with Gasteiger partial charge < -0.3 is 10.5 Å². The van der Waals surface area contributed by atoms with E-state index in [0.717, 1.165) is 11.1 Å². The number of ether oxygens (including phenoxy) is 1. The molecule has 0 bridgehead atoms. The Morgan fingerprint density at radius 3 is 2.45 bits per heavy atom. The molecule has 2 N–H and O–H groups in total. The van der Waals surface area contributed by atoms with Crippen LogP contribution in [0.3, 0.4) is 0 Å². The van der Waals surface area contributed by atoms with Crippen LogP contribution in [-0.4, -0.2) is 7.11 Å². The molecule has 106 valence electrons. The maximum atomic E-state index is 13.7. The lowest BCUT2D eigenvalue weighted by atomic mass is 9.97. The number of hydrogen-bond acceptors (Lipinski definition) is 2. The van der Waals surface area contributed by atoms with Gasteiger partial charge in [0.15, 0.2) is 11.6 Å². The average Bonchev–Trinajstić information content (AvgIpc) is 2.42. The minimum Gasteiger partial charge on any atom is -0.494 e. The molecule has 0 fully saturated rings. The van der Waals surface area contributed by atoms with Gasteiger partial charge in [0.25, 0.3) is 0 Å². The molecule has 0 aliphatic heterocycles. The first-order valence-electron chi connectivity index (χ1n) is 6.66. The smallest absolute Gasteiger partial charge is 0.165 e. The van der Waals surface area contributed by atoms with Crippen LogP contribution in [-0.2, 0) is 6.42 Å². The monoisotopic (exact) mass is 273 g/mol. The normalized spacial score (nSPS) is 12.2. The lowest BCUT2D eigenvalue weighted by molar-refractivity contribution is 0.386. The van der Waals surface area contributed by atoms with Crippen LogP contribution in [0.2, 0.25) is 0 Å². The van der Waals surface area contributed by atoms with E-state index in [9.17, 15) is 4.39 Å². The highest BCUT2D eigenvalue weighted by atomic mass is 19.1. The Hall–Kier alpha value is -1.87. The zero-order valence-corrected chi connectivity index (χ0v) is 12.1. The van der Waals surface area contributed by atoms with Crippen molar-refractivity contribution in [1.82, 2.24) is 0 Å². The molecular weight excluding hydrogens is 253 g/mol. The largest absolute Gasteiger partial charge is 0.494 e. The lowest BCUT2D eigenvalue weighted by Gasteiger charge is -2.14. The van der Waals surface area contributed by atoms with Gasteiger partial charge in [0.05, 0.1) is 7.11 Å². The summed E-state index contributed by atoms with van der Waals surface area (Å²) in [5.74, 6) is -0.132. The predicted octanol–water partition coefficient (Wildman–Crippen LogP) is 3.69. The van der Waals surface area contributed by atoms with Crippen molar-refractivity contribution in [2.45, 2.75) is 26.3 Å². The standard InChI is InChI=1S/C17H20FNO/c1-11-4-5-13(8-12(11)2)9-16(19)14-6-7-17(20-3)15(18)10-14/h4-8,10,16H,9,19H2,1-3H3. The van der Waals surface area contributed by atoms with Crippen molar-refractivity contribution >= 4 is 0 Å². The number of aryl methyl sites for hydroxylation is 2. The molecule has 0 aliphatic carbocycles. The molecule has 2 rings (SSSR count). The Morgan fingerprint density at radius 1 is 1.10 bits per heavy atom. The Labute approximate surface area is 119 Å². The molecule has 2 aromatic rings. The SMILES string of the molecule is COc1ccc(C(N)Cc2ccc(C)c(C)c2)cc1F. The second kappa shape index (κ2) is 6.06. The van der Waals surface area contributed by atoms with Crippen molar-refractivity contribution < 1.29 is 9.13 Å². The van der Waals surface area contributed by atoms with Crippen LogP contribution in [0.15, 0.2) is 36.4 Å². The first-order valence-corrected chi connectivity index (χ1v) is 6.66. The van der Waals surface area contributed by atoms with Crippen molar-refractivity contribution in [3.05, 3.63) is 64.5 Å². The molecule has 3 heteroatoms. The zero-order chi connectivity index (χ0) is 14.7. The van der Waals surface area contributed by atoms with E-state index in [1.54, 1.807) is 6.07 Å². The molecule has 0 radical (unpaired) electrons. The number of rotatable bonds is 4. The molecule has 0 heterocycles. The fourth-order valence-electron chi connectivity index (χ4n) is 2.22. The summed E-state index contributed by atoms with van der Waals surface area (Å²) in [6.07, 6.45) is 0.687. The molecular formula is C17H20FNO. The van der Waals surface area contributed by atoms with Gasteiger partial charge in [-0.1, -0.05) is 24.3 Å². The van der Waals surface area contributed by atoms with Gasteiger partial charge in [0.1, 0.15) is 0 Å². The molecule has 1 unspecified atom stereocenters. The van der Waals surface area contributed by atoms with E-state index in [2.05, 4.69) is 32.0 Å². The molecule has 0 aliphatic rings. The number of hydrogen-bond donors (Lipinski definition) is 1. The molecule has 0 spiro atoms. The summed E-state index contributed by atoms with van der Waals surface area (Å²) >= 11 is 0. The van der Waals surface area contributed by atoms with Gasteiger partial charge in [-0.05, 0) is 54.7 Å². The van der Waals surface area contributed by atoms with E-state index in [1.807, 2.05) is 6.07 Å². The molecule has 0 saturated heterocycles. The third-order valence-electron chi connectivity index (χ3n) is 3.63. The minimum atomic E-state index is -0.375. The van der Waals surface area contributed by atoms with Crippen LogP contribution >= 0.6 is 0 Å². The van der Waals surface area contributed by atoms with Gasteiger partial charge in [0.2, 0.25) is 0 Å². The maximum Gasteiger partial charge on any atom is 0.165 e. The van der Waals surface area contributed by atoms with Crippen LogP contribution < -0.4 is 10.5 Å². The van der Waals surface area contributed by atoms with Crippen molar-refractivity contribution in [3.63, 3.8) is 0 Å². The highest BCUT2D eigenvalue weighted by molar-refractivity contribution is 5.34. The van der Waals surface area contributed by atoms with Gasteiger partial charge in [0, 0.05) is 6.04 Å². The molecule has 0 amide bonds. The van der Waals surface area contributed by atoms with Crippen LogP contribution in [0.4, 0.5) is 4.39 Å². The van der Waals surface area contributed by atoms with Crippen LogP contribution in [0.25, 0.3) is 0 Å². The fourth-order valence-corrected chi connectivity index (χ4v) is 2.22. The highest BCUT2D eigenvalue weighted by Gasteiger charge is 2.11. The molecule has 0 saturated carbocycles. The Kier molecular flexibility index (Phi) is 4.40. The van der Waals surface area contributed by atoms with Crippen LogP contribution in [0.5, 0.6) is 5.75 Å². The number of benzene rings is 2. The summed E-state index contributed by atoms with van der Waals surface area (Å²) in [6, 6.07) is 10.9. The first kappa shape index (κ1) is 14.5. The summed E-state index contributed by atoms with van der Waals surface area (Å²) in [5, 5.41) is 0. The molecule has 2 aromatic carbocycles. The van der Waals surface area contributed by atoms with Crippen molar-refractivity contribution in [1.29, 1.82) is 0 Å². The topological polar surface area (TPSA) is 35.2 Å². The van der Waals surface area contributed by atoms with E-state index >= 15 is 0 Å². The minimum absolute atomic E-state index is 0.225. The van der Waals surface area contributed by atoms with Crippen LogP contribution in [0.1, 0.15) is 28.3 Å². The van der Waals surface area contributed by atoms with E-state index in [1.165, 1.54) is 24.3 Å². The third-order valence-corrected chi connectivity index (χ3v) is 3.63. The summed E-state index contributed by atoms with van der Waals surface area (Å²) in [7, 11) is 1.45. The molecule has 2 nitrogen and oxygen atoms in total. The lowest BCUT2D eigenvalue weighted by Crippen LogP contribution is -2.13. The molecule has 20 heavy (non-hydrogen) atoms. The highest BCUT2D eigenvalue weighted by Crippen LogP contribution is 2.23. The van der Waals surface area contributed by atoms with Crippen molar-refractivity contribution in [2.24, 2.45) is 5.73 Å². The second-order valence-corrected chi connectivity index (χ2v) is 5.12. The molecule has 0 aromatic heterocycles. The van der Waals surface area contributed by atoms with E-state index in [0.29, 0.717) is 6.42 Å². The maximum absolute atomic E-state index is 13.7. The van der Waals surface area contributed by atoms with Gasteiger partial charge in [-0.25, -0.2) is 4.39 Å². The number of nitrogens with two attached hydrogens (primary N) is 1. The third kappa shape index (κ3) is 3.17. The fraction of sp³-hybridized carbons (Fsp3) is 0.294. The number of methoxy groups -OCH3 is 1. The first-order chi connectivity index (χ1) is 9.51. The number of halogens is 1. The average molecular weight is 273 g/mol. The summed E-state index contributed by atoms with van der Waals surface area (Å²) in [4.78, 5) is 0. The molecule has 1 atom stereocenters. The quantitative estimate of drug-likeness (QED) is 0.922. The van der Waals surface area contributed by atoms with Gasteiger partial charge in [-0.15, -0.1) is 0 Å².